The number of anilines is 1. The standard InChI is InChI=1S/C23H33ClN8O3/c1-32-19(10-14-2-3-14)17(11-29-32)21-18(24)12-28-22(31-21)30-16-6-4-15(5-7-16)27-13-20(33)25-8-9-26-23(34)35/h11-12,14-16,26-27H,2-10,13H2,1H3,(H,25,33)(H,34,35)(H,28,30,31)/t15-,16-. The van der Waals surface area contributed by atoms with E-state index in [0.29, 0.717) is 16.7 Å². The zero-order chi connectivity index (χ0) is 24.8. The van der Waals surface area contributed by atoms with Crippen molar-refractivity contribution in [3.8, 4) is 11.3 Å². The van der Waals surface area contributed by atoms with Gasteiger partial charge in [0.2, 0.25) is 11.9 Å². The number of aromatic nitrogens is 4. The van der Waals surface area contributed by atoms with Crippen LogP contribution in [0.1, 0.15) is 44.2 Å². The SMILES string of the molecule is Cn1ncc(-c2nc(N[C@H]3CC[C@H](NCC(=O)NCCNC(=O)O)CC3)ncc2Cl)c1CC1CC1. The Morgan fingerprint density at radius 1 is 1.09 bits per heavy atom. The summed E-state index contributed by atoms with van der Waals surface area (Å²) >= 11 is 6.48. The van der Waals surface area contributed by atoms with Gasteiger partial charge in [0.15, 0.2) is 0 Å². The Morgan fingerprint density at radius 2 is 1.80 bits per heavy atom. The van der Waals surface area contributed by atoms with Gasteiger partial charge in [0, 0.05) is 43.5 Å². The van der Waals surface area contributed by atoms with Crippen molar-refractivity contribution in [3.63, 3.8) is 0 Å². The van der Waals surface area contributed by atoms with E-state index in [4.69, 9.17) is 21.7 Å². The molecule has 2 fully saturated rings. The predicted molar refractivity (Wildman–Crippen MR) is 132 cm³/mol. The Kier molecular flexibility index (Phi) is 8.40. The number of carboxylic acid groups (broad SMARTS) is 1. The van der Waals surface area contributed by atoms with Crippen molar-refractivity contribution in [2.45, 2.75) is 57.0 Å². The maximum atomic E-state index is 11.9. The van der Waals surface area contributed by atoms with Gasteiger partial charge in [0.25, 0.3) is 0 Å². The molecule has 2 aromatic rings. The molecule has 4 rings (SSSR count). The van der Waals surface area contributed by atoms with Crippen LogP contribution in [0.15, 0.2) is 12.4 Å². The molecule has 12 heteroatoms. The summed E-state index contributed by atoms with van der Waals surface area (Å²) in [6, 6.07) is 0.510. The highest BCUT2D eigenvalue weighted by Crippen LogP contribution is 2.37. The molecule has 0 saturated heterocycles. The first-order chi connectivity index (χ1) is 16.9. The Balaban J connectivity index is 1.25. The lowest BCUT2D eigenvalue weighted by Crippen LogP contribution is -2.43. The van der Waals surface area contributed by atoms with Crippen molar-refractivity contribution in [1.82, 2.24) is 35.7 Å². The quantitative estimate of drug-likeness (QED) is 0.293. The zero-order valence-corrected chi connectivity index (χ0v) is 20.6. The van der Waals surface area contributed by atoms with Gasteiger partial charge in [-0.15, -0.1) is 0 Å². The van der Waals surface area contributed by atoms with Gasteiger partial charge < -0.3 is 26.4 Å². The first-order valence-corrected chi connectivity index (χ1v) is 12.5. The number of halogens is 1. The second-order valence-corrected chi connectivity index (χ2v) is 9.73. The molecular formula is C23H33ClN8O3. The number of hydrogen-bond acceptors (Lipinski definition) is 7. The van der Waals surface area contributed by atoms with E-state index in [1.54, 1.807) is 6.20 Å². The average molecular weight is 505 g/mol. The summed E-state index contributed by atoms with van der Waals surface area (Å²) < 4.78 is 1.92. The van der Waals surface area contributed by atoms with Crippen molar-refractivity contribution in [3.05, 3.63) is 23.1 Å². The topological polar surface area (TPSA) is 146 Å². The first kappa shape index (κ1) is 25.2. The summed E-state index contributed by atoms with van der Waals surface area (Å²) in [6.45, 7) is 0.677. The molecule has 35 heavy (non-hydrogen) atoms. The number of rotatable bonds is 11. The average Bonchev–Trinajstić information content (AvgIpc) is 3.59. The fraction of sp³-hybridized carbons (Fsp3) is 0.609. The van der Waals surface area contributed by atoms with Crippen LogP contribution in [0.5, 0.6) is 0 Å². The fourth-order valence-electron chi connectivity index (χ4n) is 4.42. The number of carbonyl (C=O) groups is 2. The van der Waals surface area contributed by atoms with E-state index >= 15 is 0 Å². The van der Waals surface area contributed by atoms with Gasteiger partial charge in [-0.1, -0.05) is 11.6 Å². The Hall–Kier alpha value is -2.92. The van der Waals surface area contributed by atoms with Crippen LogP contribution in [0, 0.1) is 5.92 Å². The molecule has 0 aliphatic heterocycles. The van der Waals surface area contributed by atoms with E-state index in [1.807, 2.05) is 17.9 Å². The largest absolute Gasteiger partial charge is 0.465 e. The van der Waals surface area contributed by atoms with E-state index in [9.17, 15) is 9.59 Å². The maximum absolute atomic E-state index is 11.9. The number of aryl methyl sites for hydroxylation is 1. The Labute approximate surface area is 209 Å². The van der Waals surface area contributed by atoms with E-state index in [0.717, 1.165) is 49.3 Å². The van der Waals surface area contributed by atoms with Gasteiger partial charge in [0.1, 0.15) is 0 Å². The molecule has 0 radical (unpaired) electrons. The zero-order valence-electron chi connectivity index (χ0n) is 19.9. The van der Waals surface area contributed by atoms with E-state index in [1.165, 1.54) is 12.8 Å². The lowest BCUT2D eigenvalue weighted by molar-refractivity contribution is -0.120. The molecule has 2 aliphatic rings. The number of nitrogens with zero attached hydrogens (tertiary/aromatic N) is 4. The van der Waals surface area contributed by atoms with E-state index < -0.39 is 6.09 Å². The van der Waals surface area contributed by atoms with Crippen molar-refractivity contribution >= 4 is 29.5 Å². The smallest absolute Gasteiger partial charge is 0.404 e. The monoisotopic (exact) mass is 504 g/mol. The van der Waals surface area contributed by atoms with Crippen LogP contribution in [0.3, 0.4) is 0 Å². The molecule has 0 atom stereocenters. The molecular weight excluding hydrogens is 472 g/mol. The van der Waals surface area contributed by atoms with Gasteiger partial charge in [-0.3, -0.25) is 9.48 Å². The lowest BCUT2D eigenvalue weighted by Gasteiger charge is -2.29. The van der Waals surface area contributed by atoms with E-state index in [-0.39, 0.29) is 37.6 Å². The molecule has 0 aromatic carbocycles. The first-order valence-electron chi connectivity index (χ1n) is 12.2. The minimum atomic E-state index is -1.10. The fourth-order valence-corrected chi connectivity index (χ4v) is 4.61. The van der Waals surface area contributed by atoms with Crippen molar-refractivity contribution < 1.29 is 14.7 Å². The molecule has 190 valence electrons. The van der Waals surface area contributed by atoms with Gasteiger partial charge in [-0.25, -0.2) is 14.8 Å². The highest BCUT2D eigenvalue weighted by Gasteiger charge is 2.27. The lowest BCUT2D eigenvalue weighted by atomic mass is 9.91. The summed E-state index contributed by atoms with van der Waals surface area (Å²) in [7, 11) is 1.96. The van der Waals surface area contributed by atoms with Crippen LogP contribution in [0.25, 0.3) is 11.3 Å². The van der Waals surface area contributed by atoms with Crippen molar-refractivity contribution in [2.24, 2.45) is 13.0 Å². The second kappa shape index (κ2) is 11.7. The Bertz CT molecular complexity index is 1030. The van der Waals surface area contributed by atoms with Crippen LogP contribution in [0.2, 0.25) is 5.02 Å². The van der Waals surface area contributed by atoms with Crippen molar-refractivity contribution in [1.29, 1.82) is 0 Å². The van der Waals surface area contributed by atoms with Gasteiger partial charge in [-0.2, -0.15) is 5.10 Å². The van der Waals surface area contributed by atoms with Crippen molar-refractivity contribution in [2.75, 3.05) is 25.0 Å². The summed E-state index contributed by atoms with van der Waals surface area (Å²) in [6.07, 6.45) is 9.64. The number of amides is 2. The highest BCUT2D eigenvalue weighted by molar-refractivity contribution is 6.32. The van der Waals surface area contributed by atoms with Crippen LogP contribution in [0.4, 0.5) is 10.7 Å². The third kappa shape index (κ3) is 7.28. The van der Waals surface area contributed by atoms with Crippen LogP contribution in [-0.4, -0.2) is 68.6 Å². The van der Waals surface area contributed by atoms with Gasteiger partial charge in [0.05, 0.1) is 29.7 Å². The van der Waals surface area contributed by atoms with Crippen LogP contribution in [-0.2, 0) is 18.3 Å². The molecule has 2 heterocycles. The summed E-state index contributed by atoms with van der Waals surface area (Å²) in [4.78, 5) is 31.5. The minimum Gasteiger partial charge on any atom is -0.465 e. The van der Waals surface area contributed by atoms with Gasteiger partial charge in [-0.05, 0) is 50.9 Å². The molecule has 5 N–H and O–H groups in total. The molecule has 2 aliphatic carbocycles. The maximum Gasteiger partial charge on any atom is 0.404 e. The molecule has 0 spiro atoms. The summed E-state index contributed by atoms with van der Waals surface area (Å²) in [5, 5.41) is 25.1. The highest BCUT2D eigenvalue weighted by atomic mass is 35.5. The summed E-state index contributed by atoms with van der Waals surface area (Å²) in [5.74, 6) is 1.15. The molecule has 2 aromatic heterocycles. The van der Waals surface area contributed by atoms with Crippen LogP contribution >= 0.6 is 11.6 Å². The molecule has 2 amide bonds. The third-order valence-corrected chi connectivity index (χ3v) is 6.85. The normalized spacial score (nSPS) is 19.8. The summed E-state index contributed by atoms with van der Waals surface area (Å²) in [5.41, 5.74) is 2.85. The minimum absolute atomic E-state index is 0.143. The number of carbonyl (C=O) groups excluding carboxylic acids is 1. The molecule has 0 bridgehead atoms. The van der Waals surface area contributed by atoms with E-state index in [2.05, 4.69) is 31.3 Å². The Morgan fingerprint density at radius 3 is 2.51 bits per heavy atom. The van der Waals surface area contributed by atoms with Gasteiger partial charge >= 0.3 is 6.09 Å². The molecule has 11 nitrogen and oxygen atoms in total. The predicted octanol–water partition coefficient (Wildman–Crippen LogP) is 2.18. The third-order valence-electron chi connectivity index (χ3n) is 6.57. The molecule has 0 unspecified atom stereocenters. The number of nitrogens with one attached hydrogen (secondary N) is 4. The van der Waals surface area contributed by atoms with Crippen LogP contribution < -0.4 is 21.3 Å². The number of hydrogen-bond donors (Lipinski definition) is 5. The molecule has 2 saturated carbocycles. The second-order valence-electron chi connectivity index (χ2n) is 9.32.